The van der Waals surface area contributed by atoms with Gasteiger partial charge in [0.05, 0.1) is 17.6 Å². The predicted octanol–water partition coefficient (Wildman–Crippen LogP) is 7.13. The third kappa shape index (κ3) is 9.42. The van der Waals surface area contributed by atoms with Crippen molar-refractivity contribution in [1.29, 1.82) is 0 Å². The molecule has 0 spiro atoms. The van der Waals surface area contributed by atoms with E-state index in [2.05, 4.69) is 25.8 Å². The zero-order valence-electron chi connectivity index (χ0n) is 20.1. The summed E-state index contributed by atoms with van der Waals surface area (Å²) < 4.78 is 12.8. The molecule has 0 N–H and O–H groups in total. The summed E-state index contributed by atoms with van der Waals surface area (Å²) in [6.07, 6.45) is 13.0. The van der Waals surface area contributed by atoms with Crippen molar-refractivity contribution in [2.75, 3.05) is 13.2 Å². The van der Waals surface area contributed by atoms with Crippen molar-refractivity contribution < 1.29 is 14.3 Å². The average molecular weight is 431 g/mol. The number of carbonyl (C=O) groups excluding carboxylic acids is 1. The first-order valence-corrected chi connectivity index (χ1v) is 12.1. The molecule has 0 atom stereocenters. The highest BCUT2D eigenvalue weighted by atomic mass is 16.5. The van der Waals surface area contributed by atoms with Crippen LogP contribution in [-0.4, -0.2) is 28.7 Å². The molecule has 1 aromatic carbocycles. The van der Waals surface area contributed by atoms with Crippen LogP contribution < -0.4 is 0 Å². The Hall–Kier alpha value is -1.88. The van der Waals surface area contributed by atoms with Crippen LogP contribution in [0.5, 0.6) is 0 Å². The number of fused-ring (bicyclic) bond motifs is 1. The molecular weight excluding hydrogens is 388 g/mol. The number of hydrogen-bond acceptors (Lipinski definition) is 4. The molecule has 31 heavy (non-hydrogen) atoms. The van der Waals surface area contributed by atoms with Crippen molar-refractivity contribution in [2.45, 2.75) is 98.6 Å². The number of esters is 1. The Kier molecular flexibility index (Phi) is 11.1. The second-order valence-electron chi connectivity index (χ2n) is 9.60. The fraction of sp³-hybridized carbons (Fsp3) is 0.692. The van der Waals surface area contributed by atoms with Gasteiger partial charge in [-0.05, 0) is 37.3 Å². The second-order valence-corrected chi connectivity index (χ2v) is 9.60. The predicted molar refractivity (Wildman–Crippen MR) is 127 cm³/mol. The van der Waals surface area contributed by atoms with Gasteiger partial charge in [-0.25, -0.2) is 9.78 Å². The third-order valence-corrected chi connectivity index (χ3v) is 5.55. The largest absolute Gasteiger partial charge is 0.460 e. The summed E-state index contributed by atoms with van der Waals surface area (Å²) in [5.41, 5.74) is 2.16. The quantitative estimate of drug-likeness (QED) is 0.223. The van der Waals surface area contributed by atoms with E-state index in [0.29, 0.717) is 31.2 Å². The molecule has 5 nitrogen and oxygen atoms in total. The van der Waals surface area contributed by atoms with Gasteiger partial charge in [0.25, 0.3) is 0 Å². The zero-order chi connectivity index (χ0) is 22.5. The number of para-hydroxylation sites is 2. The highest BCUT2D eigenvalue weighted by molar-refractivity contribution is 5.91. The van der Waals surface area contributed by atoms with Crippen LogP contribution in [0.4, 0.5) is 0 Å². The molecule has 0 radical (unpaired) electrons. The van der Waals surface area contributed by atoms with E-state index < -0.39 is 5.97 Å². The smallest absolute Gasteiger partial charge is 0.374 e. The maximum absolute atomic E-state index is 12.2. The number of aromatic nitrogens is 2. The van der Waals surface area contributed by atoms with E-state index in [4.69, 9.17) is 9.47 Å². The zero-order valence-corrected chi connectivity index (χ0v) is 20.1. The highest BCUT2D eigenvalue weighted by Crippen LogP contribution is 2.22. The minimum absolute atomic E-state index is 0.311. The number of benzene rings is 1. The Morgan fingerprint density at radius 2 is 1.55 bits per heavy atom. The van der Waals surface area contributed by atoms with Crippen molar-refractivity contribution in [1.82, 2.24) is 9.55 Å². The number of nitrogens with zero attached hydrogens (tertiary/aromatic N) is 2. The molecule has 0 bridgehead atoms. The molecule has 2 rings (SSSR count). The van der Waals surface area contributed by atoms with Gasteiger partial charge in [-0.1, -0.05) is 84.3 Å². The molecule has 174 valence electrons. The first kappa shape index (κ1) is 25.4. The lowest BCUT2D eigenvalue weighted by molar-refractivity contribution is 0.0454. The van der Waals surface area contributed by atoms with Crippen molar-refractivity contribution in [3.63, 3.8) is 0 Å². The monoisotopic (exact) mass is 430 g/mol. The van der Waals surface area contributed by atoms with Crippen molar-refractivity contribution in [2.24, 2.45) is 5.41 Å². The molecule has 0 fully saturated rings. The van der Waals surface area contributed by atoms with Gasteiger partial charge in [0.2, 0.25) is 5.82 Å². The molecular formula is C26H42N2O3. The van der Waals surface area contributed by atoms with Crippen LogP contribution in [0.15, 0.2) is 24.3 Å². The lowest BCUT2D eigenvalue weighted by Gasteiger charge is -2.17. The van der Waals surface area contributed by atoms with E-state index in [-0.39, 0.29) is 0 Å². The summed E-state index contributed by atoms with van der Waals surface area (Å²) in [4.78, 5) is 16.7. The van der Waals surface area contributed by atoms with Crippen LogP contribution in [0.3, 0.4) is 0 Å². The van der Waals surface area contributed by atoms with Gasteiger partial charge >= 0.3 is 5.97 Å². The molecule has 1 heterocycles. The fourth-order valence-electron chi connectivity index (χ4n) is 3.81. The molecule has 0 aliphatic rings. The molecule has 5 heteroatoms. The van der Waals surface area contributed by atoms with Gasteiger partial charge in [-0.2, -0.15) is 0 Å². The molecule has 1 aromatic heterocycles. The van der Waals surface area contributed by atoms with E-state index in [1.54, 1.807) is 6.92 Å². The van der Waals surface area contributed by atoms with Crippen LogP contribution in [0.2, 0.25) is 0 Å². The fourth-order valence-corrected chi connectivity index (χ4v) is 3.81. The molecule has 0 amide bonds. The summed E-state index contributed by atoms with van der Waals surface area (Å²) in [5, 5.41) is 0. The van der Waals surface area contributed by atoms with Crippen LogP contribution in [0.25, 0.3) is 11.0 Å². The number of carbonyl (C=O) groups is 1. The van der Waals surface area contributed by atoms with Gasteiger partial charge in [0.15, 0.2) is 0 Å². The minimum atomic E-state index is -0.402. The number of unbranched alkanes of at least 4 members (excludes halogenated alkanes) is 8. The van der Waals surface area contributed by atoms with Crippen LogP contribution >= 0.6 is 0 Å². The van der Waals surface area contributed by atoms with E-state index in [0.717, 1.165) is 17.5 Å². The number of rotatable bonds is 15. The van der Waals surface area contributed by atoms with Gasteiger partial charge in [-0.15, -0.1) is 0 Å². The highest BCUT2D eigenvalue weighted by Gasteiger charge is 2.18. The molecule has 0 unspecified atom stereocenters. The van der Waals surface area contributed by atoms with Crippen LogP contribution in [0, 0.1) is 5.41 Å². The third-order valence-electron chi connectivity index (χ3n) is 5.55. The minimum Gasteiger partial charge on any atom is -0.460 e. The maximum atomic E-state index is 12.2. The summed E-state index contributed by atoms with van der Waals surface area (Å²) in [7, 11) is 0. The van der Waals surface area contributed by atoms with Crippen molar-refractivity contribution in [3.8, 4) is 0 Å². The first-order valence-electron chi connectivity index (χ1n) is 12.1. The Balaban J connectivity index is 1.58. The lowest BCUT2D eigenvalue weighted by atomic mass is 9.89. The van der Waals surface area contributed by atoms with E-state index >= 15 is 0 Å². The SMILES string of the molecule is CCOC(=O)c1nc2ccccc2n1COCCCCCCCCCCCC(C)(C)C. The Morgan fingerprint density at radius 3 is 2.19 bits per heavy atom. The summed E-state index contributed by atoms with van der Waals surface area (Å²) in [6.45, 7) is 10.1. The summed E-state index contributed by atoms with van der Waals surface area (Å²) in [5.74, 6) is -0.0914. The maximum Gasteiger partial charge on any atom is 0.374 e. The van der Waals surface area contributed by atoms with E-state index in [1.807, 2.05) is 28.8 Å². The first-order chi connectivity index (χ1) is 14.9. The molecule has 2 aromatic rings. The summed E-state index contributed by atoms with van der Waals surface area (Å²) >= 11 is 0. The average Bonchev–Trinajstić information content (AvgIpc) is 3.09. The summed E-state index contributed by atoms with van der Waals surface area (Å²) in [6, 6.07) is 7.72. The van der Waals surface area contributed by atoms with E-state index in [1.165, 1.54) is 57.8 Å². The number of imidazole rings is 1. The number of hydrogen-bond donors (Lipinski definition) is 0. The lowest BCUT2D eigenvalue weighted by Crippen LogP contribution is -2.15. The van der Waals surface area contributed by atoms with Gasteiger partial charge in [0, 0.05) is 6.61 Å². The van der Waals surface area contributed by atoms with Crippen LogP contribution in [0.1, 0.15) is 103 Å². The molecule has 0 aliphatic heterocycles. The molecule has 0 saturated carbocycles. The Bertz CT molecular complexity index is 777. The molecule has 0 aliphatic carbocycles. The van der Waals surface area contributed by atoms with Crippen molar-refractivity contribution >= 4 is 17.0 Å². The topological polar surface area (TPSA) is 53.3 Å². The second kappa shape index (κ2) is 13.5. The van der Waals surface area contributed by atoms with Crippen molar-refractivity contribution in [3.05, 3.63) is 30.1 Å². The van der Waals surface area contributed by atoms with Gasteiger partial charge in [-0.3, -0.25) is 4.57 Å². The Morgan fingerprint density at radius 1 is 0.935 bits per heavy atom. The van der Waals surface area contributed by atoms with Gasteiger partial charge in [0.1, 0.15) is 6.73 Å². The van der Waals surface area contributed by atoms with E-state index in [9.17, 15) is 4.79 Å². The standard InChI is InChI=1S/C26H42N2O3/c1-5-31-25(29)24-27-22-17-13-14-18-23(22)28(24)21-30-20-16-12-10-8-6-7-9-11-15-19-26(2,3)4/h13-14,17-18H,5-12,15-16,19-21H2,1-4H3. The van der Waals surface area contributed by atoms with Crippen LogP contribution in [-0.2, 0) is 16.2 Å². The van der Waals surface area contributed by atoms with Gasteiger partial charge < -0.3 is 9.47 Å². The number of ether oxygens (including phenoxy) is 2. The normalized spacial score (nSPS) is 11.9. The molecule has 0 saturated heterocycles. The Labute approximate surface area is 188 Å².